The van der Waals surface area contributed by atoms with E-state index in [0.29, 0.717) is 11.7 Å². The molecule has 0 radical (unpaired) electrons. The average molecular weight is 365 g/mol. The number of pyridine rings is 1. The molecule has 6 heteroatoms. The van der Waals surface area contributed by atoms with E-state index < -0.39 is 5.82 Å². The van der Waals surface area contributed by atoms with Gasteiger partial charge in [0.05, 0.1) is 17.7 Å². The van der Waals surface area contributed by atoms with Crippen LogP contribution in [0.5, 0.6) is 0 Å². The zero-order valence-electron chi connectivity index (χ0n) is 12.8. The first-order valence-electron chi connectivity index (χ1n) is 7.84. The Morgan fingerprint density at radius 2 is 2.12 bits per heavy atom. The van der Waals surface area contributed by atoms with Gasteiger partial charge in [-0.1, -0.05) is 29.3 Å². The van der Waals surface area contributed by atoms with Crippen molar-refractivity contribution in [3.63, 3.8) is 0 Å². The smallest absolute Gasteiger partial charge is 0.142 e. The van der Waals surface area contributed by atoms with Gasteiger partial charge < -0.3 is 9.30 Å². The molecule has 1 aromatic carbocycles. The zero-order chi connectivity index (χ0) is 16.7. The third-order valence-electron chi connectivity index (χ3n) is 4.34. The Hall–Kier alpha value is -1.62. The standard InChI is InChI=1S/C18H15Cl2FN2O/c19-15-5-3-11(8-16(15)21)14-10-23(9-12-2-1-7-24-12)18-13(14)4-6-17(20)22-18/h3-6,8,10,12H,1-2,7,9H2/t12-/m0/s1. The van der Waals surface area contributed by atoms with Crippen molar-refractivity contribution in [2.75, 3.05) is 6.61 Å². The van der Waals surface area contributed by atoms with Gasteiger partial charge in [-0.3, -0.25) is 0 Å². The number of ether oxygens (including phenoxy) is 1. The molecular formula is C18H15Cl2FN2O. The second kappa shape index (κ2) is 6.36. The minimum atomic E-state index is -0.434. The molecule has 3 aromatic rings. The summed E-state index contributed by atoms with van der Waals surface area (Å²) in [6, 6.07) is 8.49. The van der Waals surface area contributed by atoms with Gasteiger partial charge in [0, 0.05) is 23.8 Å². The molecule has 0 N–H and O–H groups in total. The van der Waals surface area contributed by atoms with E-state index in [-0.39, 0.29) is 11.1 Å². The topological polar surface area (TPSA) is 27.1 Å². The van der Waals surface area contributed by atoms with Gasteiger partial charge in [-0.25, -0.2) is 9.37 Å². The largest absolute Gasteiger partial charge is 0.376 e. The van der Waals surface area contributed by atoms with Gasteiger partial charge >= 0.3 is 0 Å². The lowest BCUT2D eigenvalue weighted by molar-refractivity contribution is 0.0979. The van der Waals surface area contributed by atoms with Gasteiger partial charge in [-0.05, 0) is 42.7 Å². The Morgan fingerprint density at radius 3 is 2.88 bits per heavy atom. The second-order valence-corrected chi connectivity index (χ2v) is 6.76. The van der Waals surface area contributed by atoms with Gasteiger partial charge in [0.2, 0.25) is 0 Å². The van der Waals surface area contributed by atoms with Crippen LogP contribution >= 0.6 is 23.2 Å². The van der Waals surface area contributed by atoms with Crippen LogP contribution in [0.1, 0.15) is 12.8 Å². The predicted octanol–water partition coefficient (Wildman–Crippen LogP) is 5.33. The highest BCUT2D eigenvalue weighted by molar-refractivity contribution is 6.31. The minimum absolute atomic E-state index is 0.114. The summed E-state index contributed by atoms with van der Waals surface area (Å²) in [4.78, 5) is 4.46. The summed E-state index contributed by atoms with van der Waals surface area (Å²) in [5, 5.41) is 1.48. The van der Waals surface area contributed by atoms with Crippen molar-refractivity contribution in [2.45, 2.75) is 25.5 Å². The quantitative estimate of drug-likeness (QED) is 0.587. The lowest BCUT2D eigenvalue weighted by Gasteiger charge is -2.11. The number of aromatic nitrogens is 2. The summed E-state index contributed by atoms with van der Waals surface area (Å²) in [6.07, 6.45) is 4.27. The van der Waals surface area contributed by atoms with E-state index in [1.165, 1.54) is 6.07 Å². The first-order chi connectivity index (χ1) is 11.6. The normalized spacial score (nSPS) is 17.7. The molecule has 1 fully saturated rings. The van der Waals surface area contributed by atoms with Crippen molar-refractivity contribution >= 4 is 34.2 Å². The van der Waals surface area contributed by atoms with Gasteiger partial charge in [0.25, 0.3) is 0 Å². The molecule has 1 atom stereocenters. The Labute approximate surface area is 149 Å². The Kier molecular flexibility index (Phi) is 4.21. The molecule has 0 amide bonds. The molecule has 0 bridgehead atoms. The molecule has 4 rings (SSSR count). The maximum Gasteiger partial charge on any atom is 0.142 e. The Morgan fingerprint density at radius 1 is 1.25 bits per heavy atom. The predicted molar refractivity (Wildman–Crippen MR) is 94.1 cm³/mol. The lowest BCUT2D eigenvalue weighted by atomic mass is 10.1. The maximum atomic E-state index is 13.9. The van der Waals surface area contributed by atoms with Gasteiger partial charge in [0.1, 0.15) is 16.6 Å². The summed E-state index contributed by atoms with van der Waals surface area (Å²) >= 11 is 11.9. The fraction of sp³-hybridized carbons (Fsp3) is 0.278. The van der Waals surface area contributed by atoms with Crippen LogP contribution in [-0.2, 0) is 11.3 Å². The van der Waals surface area contributed by atoms with Crippen molar-refractivity contribution in [1.29, 1.82) is 0 Å². The Bertz CT molecular complexity index is 903. The van der Waals surface area contributed by atoms with Crippen molar-refractivity contribution in [3.8, 4) is 11.1 Å². The van der Waals surface area contributed by atoms with Gasteiger partial charge in [-0.15, -0.1) is 0 Å². The summed E-state index contributed by atoms with van der Waals surface area (Å²) in [5.74, 6) is -0.434. The van der Waals surface area contributed by atoms with Crippen molar-refractivity contribution in [3.05, 3.63) is 52.5 Å². The van der Waals surface area contributed by atoms with Crippen LogP contribution in [-0.4, -0.2) is 22.3 Å². The van der Waals surface area contributed by atoms with Crippen LogP contribution < -0.4 is 0 Å². The van der Waals surface area contributed by atoms with E-state index in [1.54, 1.807) is 12.1 Å². The van der Waals surface area contributed by atoms with E-state index in [9.17, 15) is 4.39 Å². The monoisotopic (exact) mass is 364 g/mol. The van der Waals surface area contributed by atoms with Crippen molar-refractivity contribution in [1.82, 2.24) is 9.55 Å². The van der Waals surface area contributed by atoms with Crippen LogP contribution in [0.2, 0.25) is 10.2 Å². The van der Waals surface area contributed by atoms with Gasteiger partial charge in [-0.2, -0.15) is 0 Å². The van der Waals surface area contributed by atoms with Gasteiger partial charge in [0.15, 0.2) is 0 Å². The SMILES string of the molecule is Fc1cc(-c2cn(C[C@@H]3CCCO3)c3nc(Cl)ccc23)ccc1Cl. The molecular weight excluding hydrogens is 350 g/mol. The summed E-state index contributed by atoms with van der Waals surface area (Å²) in [7, 11) is 0. The summed E-state index contributed by atoms with van der Waals surface area (Å²) in [6.45, 7) is 1.51. The number of nitrogens with zero attached hydrogens (tertiary/aromatic N) is 2. The number of hydrogen-bond acceptors (Lipinski definition) is 2. The highest BCUT2D eigenvalue weighted by atomic mass is 35.5. The molecule has 0 saturated carbocycles. The molecule has 1 saturated heterocycles. The van der Waals surface area contributed by atoms with Crippen molar-refractivity contribution < 1.29 is 9.13 Å². The van der Waals surface area contributed by atoms with E-state index >= 15 is 0 Å². The second-order valence-electron chi connectivity index (χ2n) is 5.96. The molecule has 1 aliphatic heterocycles. The number of rotatable bonds is 3. The molecule has 0 unspecified atom stereocenters. The molecule has 24 heavy (non-hydrogen) atoms. The highest BCUT2D eigenvalue weighted by Crippen LogP contribution is 2.33. The molecule has 3 heterocycles. The number of halogens is 3. The van der Waals surface area contributed by atoms with Crippen LogP contribution in [0, 0.1) is 5.82 Å². The Balaban J connectivity index is 1.84. The van der Waals surface area contributed by atoms with Crippen LogP contribution in [0.15, 0.2) is 36.5 Å². The minimum Gasteiger partial charge on any atom is -0.376 e. The van der Waals surface area contributed by atoms with Crippen molar-refractivity contribution in [2.24, 2.45) is 0 Å². The fourth-order valence-electron chi connectivity index (χ4n) is 3.18. The maximum absolute atomic E-state index is 13.9. The number of hydrogen-bond donors (Lipinski definition) is 0. The first kappa shape index (κ1) is 15.9. The fourth-order valence-corrected chi connectivity index (χ4v) is 3.44. The van der Waals surface area contributed by atoms with Crippen LogP contribution in [0.4, 0.5) is 4.39 Å². The molecule has 0 aliphatic carbocycles. The highest BCUT2D eigenvalue weighted by Gasteiger charge is 2.19. The molecule has 3 nitrogen and oxygen atoms in total. The van der Waals surface area contributed by atoms with E-state index in [0.717, 1.165) is 41.6 Å². The zero-order valence-corrected chi connectivity index (χ0v) is 14.3. The molecule has 124 valence electrons. The average Bonchev–Trinajstić information content (AvgIpc) is 3.19. The van der Waals surface area contributed by atoms with Crippen LogP contribution in [0.3, 0.4) is 0 Å². The molecule has 1 aliphatic rings. The van der Waals surface area contributed by atoms with E-state index in [4.69, 9.17) is 27.9 Å². The third-order valence-corrected chi connectivity index (χ3v) is 4.86. The van der Waals surface area contributed by atoms with Crippen LogP contribution in [0.25, 0.3) is 22.2 Å². The summed E-state index contributed by atoms with van der Waals surface area (Å²) < 4.78 is 21.6. The third kappa shape index (κ3) is 2.90. The number of benzene rings is 1. The number of fused-ring (bicyclic) bond motifs is 1. The molecule has 2 aromatic heterocycles. The molecule has 0 spiro atoms. The van der Waals surface area contributed by atoms with E-state index in [2.05, 4.69) is 4.98 Å². The van der Waals surface area contributed by atoms with E-state index in [1.807, 2.05) is 22.9 Å². The first-order valence-corrected chi connectivity index (χ1v) is 8.60. The summed E-state index contributed by atoms with van der Waals surface area (Å²) in [5.41, 5.74) is 2.45. The lowest BCUT2D eigenvalue weighted by Crippen LogP contribution is -2.14.